The summed E-state index contributed by atoms with van der Waals surface area (Å²) in [6.07, 6.45) is 1.22. The minimum atomic E-state index is 0.219. The fourth-order valence-electron chi connectivity index (χ4n) is 3.22. The van der Waals surface area contributed by atoms with Gasteiger partial charge in [0.15, 0.2) is 4.34 Å². The molecule has 1 amide bonds. The highest BCUT2D eigenvalue weighted by molar-refractivity contribution is 8.01. The van der Waals surface area contributed by atoms with E-state index in [1.165, 1.54) is 18.2 Å². The number of rotatable bonds is 4. The average Bonchev–Trinajstić information content (AvgIpc) is 3.01. The number of carbonyl (C=O) groups is 1. The Balaban J connectivity index is 1.50. The first kappa shape index (κ1) is 17.0. The van der Waals surface area contributed by atoms with E-state index in [-0.39, 0.29) is 5.91 Å². The van der Waals surface area contributed by atoms with Crippen LogP contribution in [0.5, 0.6) is 0 Å². The molecule has 1 aromatic rings. The second kappa shape index (κ2) is 7.81. The lowest BCUT2D eigenvalue weighted by molar-refractivity contribution is -0.130. The van der Waals surface area contributed by atoms with Gasteiger partial charge in [-0.3, -0.25) is 4.79 Å². The zero-order chi connectivity index (χ0) is 16.2. The molecule has 2 unspecified atom stereocenters. The first-order valence-corrected chi connectivity index (χ1v) is 9.99. The highest BCUT2D eigenvalue weighted by Gasteiger charge is 2.25. The van der Waals surface area contributed by atoms with Crippen molar-refractivity contribution in [1.29, 1.82) is 0 Å². The molecule has 0 radical (unpaired) electrons. The smallest absolute Gasteiger partial charge is 0.233 e. The van der Waals surface area contributed by atoms with Gasteiger partial charge in [-0.2, -0.15) is 0 Å². The number of morpholine rings is 1. The van der Waals surface area contributed by atoms with E-state index in [2.05, 4.69) is 28.9 Å². The Bertz CT molecular complexity index is 523. The van der Waals surface area contributed by atoms with Gasteiger partial charge < -0.3 is 14.5 Å². The molecule has 0 saturated carbocycles. The van der Waals surface area contributed by atoms with Gasteiger partial charge in [-0.05, 0) is 18.3 Å². The van der Waals surface area contributed by atoms with Crippen LogP contribution in [0.15, 0.2) is 4.34 Å². The van der Waals surface area contributed by atoms with Crippen LogP contribution < -0.4 is 4.90 Å². The number of ether oxygens (including phenoxy) is 1. The molecule has 6 nitrogen and oxygen atoms in total. The Morgan fingerprint density at radius 1 is 1.26 bits per heavy atom. The zero-order valence-electron chi connectivity index (χ0n) is 13.7. The quantitative estimate of drug-likeness (QED) is 0.769. The Labute approximate surface area is 145 Å². The molecule has 0 aromatic carbocycles. The van der Waals surface area contributed by atoms with Crippen LogP contribution in [0, 0.1) is 11.8 Å². The molecule has 0 N–H and O–H groups in total. The van der Waals surface area contributed by atoms with E-state index in [0.717, 1.165) is 48.9 Å². The van der Waals surface area contributed by atoms with E-state index in [9.17, 15) is 4.79 Å². The van der Waals surface area contributed by atoms with Gasteiger partial charge in [0.05, 0.1) is 19.0 Å². The molecule has 0 bridgehead atoms. The summed E-state index contributed by atoms with van der Waals surface area (Å²) >= 11 is 3.07. The van der Waals surface area contributed by atoms with Crippen LogP contribution in [-0.4, -0.2) is 66.2 Å². The summed E-state index contributed by atoms with van der Waals surface area (Å²) in [5.74, 6) is 1.87. The maximum absolute atomic E-state index is 12.4. The minimum absolute atomic E-state index is 0.219. The summed E-state index contributed by atoms with van der Waals surface area (Å²) in [6.45, 7) is 9.43. The van der Waals surface area contributed by atoms with Crippen LogP contribution in [0.25, 0.3) is 0 Å². The summed E-state index contributed by atoms with van der Waals surface area (Å²) in [4.78, 5) is 16.6. The SMILES string of the molecule is CC1CC(C)CN(C(=O)CSc2nnc(N3CCOCC3)s2)C1. The molecule has 3 heterocycles. The van der Waals surface area contributed by atoms with Crippen molar-refractivity contribution >= 4 is 34.1 Å². The third-order valence-corrected chi connectivity index (χ3v) is 6.32. The number of piperidine rings is 1. The van der Waals surface area contributed by atoms with Crippen molar-refractivity contribution in [2.75, 3.05) is 50.0 Å². The van der Waals surface area contributed by atoms with Gasteiger partial charge in [0.2, 0.25) is 11.0 Å². The van der Waals surface area contributed by atoms with Gasteiger partial charge >= 0.3 is 0 Å². The number of anilines is 1. The number of hydrogen-bond acceptors (Lipinski definition) is 7. The fraction of sp³-hybridized carbons (Fsp3) is 0.800. The molecule has 23 heavy (non-hydrogen) atoms. The number of nitrogens with zero attached hydrogens (tertiary/aromatic N) is 4. The van der Waals surface area contributed by atoms with Gasteiger partial charge in [-0.1, -0.05) is 36.9 Å². The summed E-state index contributed by atoms with van der Waals surface area (Å²) < 4.78 is 6.22. The highest BCUT2D eigenvalue weighted by atomic mass is 32.2. The molecule has 0 spiro atoms. The van der Waals surface area contributed by atoms with Crippen molar-refractivity contribution in [3.63, 3.8) is 0 Å². The molecular weight excluding hydrogens is 332 g/mol. The average molecular weight is 357 g/mol. The molecule has 0 aliphatic carbocycles. The van der Waals surface area contributed by atoms with E-state index in [4.69, 9.17) is 4.74 Å². The summed E-state index contributed by atoms with van der Waals surface area (Å²) in [6, 6.07) is 0. The molecule has 128 valence electrons. The van der Waals surface area contributed by atoms with E-state index >= 15 is 0 Å². The van der Waals surface area contributed by atoms with Gasteiger partial charge in [0, 0.05) is 26.2 Å². The zero-order valence-corrected chi connectivity index (χ0v) is 15.4. The molecule has 2 aliphatic heterocycles. The first-order valence-electron chi connectivity index (χ1n) is 8.18. The highest BCUT2D eigenvalue weighted by Crippen LogP contribution is 2.29. The number of hydrogen-bond donors (Lipinski definition) is 0. The third kappa shape index (κ3) is 4.58. The van der Waals surface area contributed by atoms with Crippen LogP contribution in [0.1, 0.15) is 20.3 Å². The van der Waals surface area contributed by atoms with Crippen molar-refractivity contribution in [2.45, 2.75) is 24.6 Å². The van der Waals surface area contributed by atoms with E-state index < -0.39 is 0 Å². The van der Waals surface area contributed by atoms with Gasteiger partial charge in [-0.15, -0.1) is 10.2 Å². The maximum atomic E-state index is 12.4. The molecule has 2 saturated heterocycles. The molecule has 3 rings (SSSR count). The summed E-state index contributed by atoms with van der Waals surface area (Å²) in [5.41, 5.74) is 0. The van der Waals surface area contributed by atoms with Gasteiger partial charge in [0.1, 0.15) is 0 Å². The number of aromatic nitrogens is 2. The van der Waals surface area contributed by atoms with Crippen molar-refractivity contribution in [2.24, 2.45) is 11.8 Å². The predicted octanol–water partition coefficient (Wildman–Crippen LogP) is 1.97. The second-order valence-corrected chi connectivity index (χ2v) is 8.66. The van der Waals surface area contributed by atoms with E-state index in [0.29, 0.717) is 17.6 Å². The van der Waals surface area contributed by atoms with Crippen molar-refractivity contribution < 1.29 is 9.53 Å². The molecule has 2 aliphatic rings. The Morgan fingerprint density at radius 2 is 1.96 bits per heavy atom. The largest absolute Gasteiger partial charge is 0.378 e. The molecule has 1 aromatic heterocycles. The number of likely N-dealkylation sites (tertiary alicyclic amines) is 1. The minimum Gasteiger partial charge on any atom is -0.378 e. The van der Waals surface area contributed by atoms with E-state index in [1.54, 1.807) is 11.3 Å². The predicted molar refractivity (Wildman–Crippen MR) is 93.2 cm³/mol. The van der Waals surface area contributed by atoms with Crippen LogP contribution in [0.3, 0.4) is 0 Å². The monoisotopic (exact) mass is 356 g/mol. The lowest BCUT2D eigenvalue weighted by Gasteiger charge is -2.34. The molecule has 8 heteroatoms. The standard InChI is InChI=1S/C15H24N4O2S2/c1-11-7-12(2)9-19(8-11)13(20)10-22-15-17-16-14(23-15)18-3-5-21-6-4-18/h11-12H,3-10H2,1-2H3. The number of amides is 1. The van der Waals surface area contributed by atoms with Crippen LogP contribution in [0.2, 0.25) is 0 Å². The topological polar surface area (TPSA) is 58.6 Å². The fourth-order valence-corrected chi connectivity index (χ4v) is 5.02. The number of carbonyl (C=O) groups excluding carboxylic acids is 1. The lowest BCUT2D eigenvalue weighted by Crippen LogP contribution is -2.43. The maximum Gasteiger partial charge on any atom is 0.233 e. The lowest BCUT2D eigenvalue weighted by atomic mass is 9.92. The number of thioether (sulfide) groups is 1. The third-order valence-electron chi connectivity index (χ3n) is 4.22. The van der Waals surface area contributed by atoms with Crippen LogP contribution >= 0.6 is 23.1 Å². The Morgan fingerprint density at radius 3 is 2.65 bits per heavy atom. The normalized spacial score (nSPS) is 25.7. The van der Waals surface area contributed by atoms with Gasteiger partial charge in [-0.25, -0.2) is 0 Å². The molecular formula is C15H24N4O2S2. The van der Waals surface area contributed by atoms with Gasteiger partial charge in [0.25, 0.3) is 0 Å². The molecule has 2 atom stereocenters. The van der Waals surface area contributed by atoms with Crippen molar-refractivity contribution in [1.82, 2.24) is 15.1 Å². The van der Waals surface area contributed by atoms with E-state index in [1.807, 2.05) is 4.90 Å². The molecule has 2 fully saturated rings. The summed E-state index contributed by atoms with van der Waals surface area (Å²) in [7, 11) is 0. The summed E-state index contributed by atoms with van der Waals surface area (Å²) in [5, 5.41) is 9.40. The Hall–Kier alpha value is -0.860. The second-order valence-electron chi connectivity index (χ2n) is 6.48. The van der Waals surface area contributed by atoms with Crippen molar-refractivity contribution in [3.8, 4) is 0 Å². The van der Waals surface area contributed by atoms with Crippen molar-refractivity contribution in [3.05, 3.63) is 0 Å². The Kier molecular flexibility index (Phi) is 5.76. The first-order chi connectivity index (χ1) is 11.1. The van der Waals surface area contributed by atoms with Crippen LogP contribution in [0.4, 0.5) is 5.13 Å². The van der Waals surface area contributed by atoms with Crippen LogP contribution in [-0.2, 0) is 9.53 Å².